The second-order valence-electron chi connectivity index (χ2n) is 3.00. The first-order valence-corrected chi connectivity index (χ1v) is 4.12. The van der Waals surface area contributed by atoms with E-state index in [1.807, 2.05) is 6.08 Å². The molecule has 0 radical (unpaired) electrons. The van der Waals surface area contributed by atoms with Gasteiger partial charge in [-0.25, -0.2) is 0 Å². The molecule has 0 heterocycles. The van der Waals surface area contributed by atoms with Crippen LogP contribution >= 0.6 is 0 Å². The van der Waals surface area contributed by atoms with Gasteiger partial charge in [0.05, 0.1) is 12.5 Å². The summed E-state index contributed by atoms with van der Waals surface area (Å²) in [6, 6.07) is 0. The van der Waals surface area contributed by atoms with Gasteiger partial charge in [0.1, 0.15) is 0 Å². The van der Waals surface area contributed by atoms with Crippen LogP contribution in [0.25, 0.3) is 0 Å². The van der Waals surface area contributed by atoms with Gasteiger partial charge in [0.25, 0.3) is 0 Å². The summed E-state index contributed by atoms with van der Waals surface area (Å²) in [4.78, 5) is 11.0. The molecule has 0 fully saturated rings. The zero-order valence-corrected chi connectivity index (χ0v) is 6.79. The van der Waals surface area contributed by atoms with Gasteiger partial charge in [-0.3, -0.25) is 4.79 Å². The summed E-state index contributed by atoms with van der Waals surface area (Å²) < 4.78 is 0. The van der Waals surface area contributed by atoms with Crippen LogP contribution in [0.4, 0.5) is 0 Å². The van der Waals surface area contributed by atoms with Crippen molar-refractivity contribution in [2.24, 2.45) is 11.8 Å². The first-order valence-electron chi connectivity index (χ1n) is 4.12. The van der Waals surface area contributed by atoms with Gasteiger partial charge in [-0.1, -0.05) is 19.4 Å². The van der Waals surface area contributed by atoms with Crippen molar-refractivity contribution in [3.8, 4) is 0 Å². The van der Waals surface area contributed by atoms with Crippen LogP contribution in [-0.4, -0.2) is 17.5 Å². The van der Waals surface area contributed by atoms with E-state index in [2.05, 4.69) is 6.92 Å². The standard InChI is InChI=1S/C9H14O2/c1-2-3-7-4-5-9(11)8(7)6-10/h4-5,7-8,10H,2-3,6H2,1H3. The Balaban J connectivity index is 2.53. The summed E-state index contributed by atoms with van der Waals surface area (Å²) in [5.74, 6) is 0.235. The first-order chi connectivity index (χ1) is 5.29. The summed E-state index contributed by atoms with van der Waals surface area (Å²) in [5.41, 5.74) is 0. The molecule has 0 bridgehead atoms. The lowest BCUT2D eigenvalue weighted by molar-refractivity contribution is -0.119. The van der Waals surface area contributed by atoms with Gasteiger partial charge in [-0.05, 0) is 18.4 Å². The Kier molecular flexibility index (Phi) is 2.83. The van der Waals surface area contributed by atoms with E-state index in [4.69, 9.17) is 5.11 Å². The van der Waals surface area contributed by atoms with Crippen LogP contribution < -0.4 is 0 Å². The third-order valence-electron chi connectivity index (χ3n) is 2.21. The molecule has 2 unspecified atom stereocenters. The molecule has 1 aliphatic carbocycles. The molecule has 0 amide bonds. The lowest BCUT2D eigenvalue weighted by Crippen LogP contribution is -2.19. The Hall–Kier alpha value is -0.630. The number of hydrogen-bond donors (Lipinski definition) is 1. The van der Waals surface area contributed by atoms with Crippen molar-refractivity contribution in [2.75, 3.05) is 6.61 Å². The van der Waals surface area contributed by atoms with Crippen molar-refractivity contribution < 1.29 is 9.90 Å². The van der Waals surface area contributed by atoms with Gasteiger partial charge in [-0.2, -0.15) is 0 Å². The summed E-state index contributed by atoms with van der Waals surface area (Å²) >= 11 is 0. The third kappa shape index (κ3) is 1.69. The normalized spacial score (nSPS) is 29.8. The molecule has 0 aromatic heterocycles. The van der Waals surface area contributed by atoms with Crippen molar-refractivity contribution in [1.29, 1.82) is 0 Å². The summed E-state index contributed by atoms with van der Waals surface area (Å²) in [7, 11) is 0. The molecule has 2 nitrogen and oxygen atoms in total. The van der Waals surface area contributed by atoms with E-state index in [1.165, 1.54) is 0 Å². The minimum absolute atomic E-state index is 0.00347. The highest BCUT2D eigenvalue weighted by molar-refractivity contribution is 5.94. The average molecular weight is 154 g/mol. The van der Waals surface area contributed by atoms with Gasteiger partial charge >= 0.3 is 0 Å². The monoisotopic (exact) mass is 154 g/mol. The number of rotatable bonds is 3. The van der Waals surface area contributed by atoms with Crippen LogP contribution in [0.3, 0.4) is 0 Å². The molecule has 1 aliphatic rings. The third-order valence-corrected chi connectivity index (χ3v) is 2.21. The molecule has 2 atom stereocenters. The van der Waals surface area contributed by atoms with E-state index in [0.29, 0.717) is 0 Å². The maximum Gasteiger partial charge on any atom is 0.161 e. The Morgan fingerprint density at radius 2 is 2.36 bits per heavy atom. The van der Waals surface area contributed by atoms with Gasteiger partial charge in [-0.15, -0.1) is 0 Å². The second kappa shape index (κ2) is 3.67. The van der Waals surface area contributed by atoms with E-state index in [0.717, 1.165) is 12.8 Å². The maximum atomic E-state index is 11.0. The van der Waals surface area contributed by atoms with Crippen molar-refractivity contribution >= 4 is 5.78 Å². The van der Waals surface area contributed by atoms with Crippen molar-refractivity contribution in [3.05, 3.63) is 12.2 Å². The molecule has 0 saturated heterocycles. The molecule has 0 aromatic carbocycles. The van der Waals surface area contributed by atoms with Gasteiger partial charge in [0.2, 0.25) is 0 Å². The zero-order chi connectivity index (χ0) is 8.27. The van der Waals surface area contributed by atoms with Crippen LogP contribution in [0.5, 0.6) is 0 Å². The van der Waals surface area contributed by atoms with Crippen molar-refractivity contribution in [2.45, 2.75) is 19.8 Å². The predicted octanol–water partition coefficient (Wildman–Crippen LogP) is 1.15. The van der Waals surface area contributed by atoms with Gasteiger partial charge in [0.15, 0.2) is 5.78 Å². The van der Waals surface area contributed by atoms with Crippen LogP contribution in [-0.2, 0) is 4.79 Å². The van der Waals surface area contributed by atoms with E-state index >= 15 is 0 Å². The minimum Gasteiger partial charge on any atom is -0.396 e. The molecule has 0 aliphatic heterocycles. The molecule has 2 heteroatoms. The number of aliphatic hydroxyl groups excluding tert-OH is 1. The quantitative estimate of drug-likeness (QED) is 0.662. The Labute approximate surface area is 66.9 Å². The number of carbonyl (C=O) groups excluding carboxylic acids is 1. The molecule has 0 spiro atoms. The number of carbonyl (C=O) groups is 1. The van der Waals surface area contributed by atoms with E-state index in [9.17, 15) is 4.79 Å². The number of hydrogen-bond acceptors (Lipinski definition) is 2. The lowest BCUT2D eigenvalue weighted by atomic mass is 9.92. The second-order valence-corrected chi connectivity index (χ2v) is 3.00. The van der Waals surface area contributed by atoms with Crippen LogP contribution in [0, 0.1) is 11.8 Å². The molecule has 1 rings (SSSR count). The number of aliphatic hydroxyl groups is 1. The molecule has 62 valence electrons. The van der Waals surface area contributed by atoms with E-state index in [-0.39, 0.29) is 24.2 Å². The largest absolute Gasteiger partial charge is 0.396 e. The summed E-state index contributed by atoms with van der Waals surface area (Å²) in [6.45, 7) is 2.08. The van der Waals surface area contributed by atoms with E-state index < -0.39 is 0 Å². The average Bonchev–Trinajstić information content (AvgIpc) is 2.33. The molecule has 0 aromatic rings. The van der Waals surface area contributed by atoms with Gasteiger partial charge < -0.3 is 5.11 Å². The fraction of sp³-hybridized carbons (Fsp3) is 0.667. The first kappa shape index (κ1) is 8.47. The summed E-state index contributed by atoms with van der Waals surface area (Å²) in [6.07, 6.45) is 5.60. The number of allylic oxidation sites excluding steroid dienone is 2. The highest BCUT2D eigenvalue weighted by Gasteiger charge is 2.28. The molecule has 11 heavy (non-hydrogen) atoms. The smallest absolute Gasteiger partial charge is 0.161 e. The van der Waals surface area contributed by atoms with Crippen LogP contribution in [0.2, 0.25) is 0 Å². The Morgan fingerprint density at radius 3 is 2.91 bits per heavy atom. The zero-order valence-electron chi connectivity index (χ0n) is 6.79. The van der Waals surface area contributed by atoms with Crippen molar-refractivity contribution in [3.63, 3.8) is 0 Å². The predicted molar refractivity (Wildman–Crippen MR) is 43.1 cm³/mol. The van der Waals surface area contributed by atoms with Crippen LogP contribution in [0.15, 0.2) is 12.2 Å². The van der Waals surface area contributed by atoms with E-state index in [1.54, 1.807) is 6.08 Å². The Morgan fingerprint density at radius 1 is 1.64 bits per heavy atom. The highest BCUT2D eigenvalue weighted by atomic mass is 16.3. The van der Waals surface area contributed by atoms with Crippen LogP contribution in [0.1, 0.15) is 19.8 Å². The fourth-order valence-electron chi connectivity index (χ4n) is 1.54. The minimum atomic E-state index is -0.144. The highest BCUT2D eigenvalue weighted by Crippen LogP contribution is 2.25. The van der Waals surface area contributed by atoms with Gasteiger partial charge in [0, 0.05) is 0 Å². The SMILES string of the molecule is CCCC1C=CC(=O)C1CO. The summed E-state index contributed by atoms with van der Waals surface area (Å²) in [5, 5.41) is 8.87. The molecule has 1 N–H and O–H groups in total. The molecule has 0 saturated carbocycles. The molecular formula is C9H14O2. The molecular weight excluding hydrogens is 140 g/mol. The maximum absolute atomic E-state index is 11.0. The Bertz CT molecular complexity index is 172. The fourth-order valence-corrected chi connectivity index (χ4v) is 1.54. The number of ketones is 1. The van der Waals surface area contributed by atoms with Crippen molar-refractivity contribution in [1.82, 2.24) is 0 Å². The lowest BCUT2D eigenvalue weighted by Gasteiger charge is -2.13. The topological polar surface area (TPSA) is 37.3 Å².